The second-order valence-corrected chi connectivity index (χ2v) is 9.55. The lowest BCUT2D eigenvalue weighted by atomic mass is 9.84. The molecule has 2 aliphatic heterocycles. The van der Waals surface area contributed by atoms with E-state index in [1.54, 1.807) is 13.8 Å². The molecule has 7 nitrogen and oxygen atoms in total. The summed E-state index contributed by atoms with van der Waals surface area (Å²) < 4.78 is 61.1. The number of alkyl halides is 4. The van der Waals surface area contributed by atoms with E-state index in [2.05, 4.69) is 10.6 Å². The van der Waals surface area contributed by atoms with Crippen molar-refractivity contribution in [3.05, 3.63) is 0 Å². The van der Waals surface area contributed by atoms with Crippen LogP contribution < -0.4 is 10.6 Å². The Balaban J connectivity index is 2.16. The van der Waals surface area contributed by atoms with Crippen LogP contribution in [0.3, 0.4) is 0 Å². The highest BCUT2D eigenvalue weighted by atomic mass is 32.2. The molecule has 0 aromatic rings. The van der Waals surface area contributed by atoms with E-state index >= 15 is 4.39 Å². The lowest BCUT2D eigenvalue weighted by Crippen LogP contribution is -2.70. The monoisotopic (exact) mass is 476 g/mol. The van der Waals surface area contributed by atoms with E-state index in [1.807, 2.05) is 0 Å². The fourth-order valence-corrected chi connectivity index (χ4v) is 4.79. The Bertz CT molecular complexity index is 620. The van der Waals surface area contributed by atoms with E-state index < -0.39 is 78.4 Å². The molecule has 8 atom stereocenters. The molecule has 0 radical (unpaired) electrons. The Morgan fingerprint density at radius 1 is 1.26 bits per heavy atom. The van der Waals surface area contributed by atoms with Gasteiger partial charge in [-0.3, -0.25) is 4.79 Å². The summed E-state index contributed by atoms with van der Waals surface area (Å²) in [7, 11) is 0. The molecule has 2 heterocycles. The van der Waals surface area contributed by atoms with Gasteiger partial charge in [0.1, 0.15) is 29.4 Å². The number of carbonyl (C=O) groups excluding carboxylic acids is 1. The Kier molecular flexibility index (Phi) is 9.02. The van der Waals surface area contributed by atoms with E-state index in [4.69, 9.17) is 4.74 Å². The summed E-state index contributed by atoms with van der Waals surface area (Å²) in [5.41, 5.74) is -3.14. The number of halogens is 4. The second kappa shape index (κ2) is 10.5. The van der Waals surface area contributed by atoms with E-state index in [1.165, 1.54) is 6.26 Å². The Morgan fingerprint density at radius 2 is 1.90 bits per heavy atom. The Labute approximate surface area is 183 Å². The molecule has 182 valence electrons. The van der Waals surface area contributed by atoms with Crippen LogP contribution in [-0.2, 0) is 9.53 Å². The molecule has 0 bridgehead atoms. The van der Waals surface area contributed by atoms with Gasteiger partial charge in [-0.1, -0.05) is 13.8 Å². The van der Waals surface area contributed by atoms with Crippen LogP contribution >= 0.6 is 11.8 Å². The van der Waals surface area contributed by atoms with Crippen LogP contribution in [0.15, 0.2) is 0 Å². The standard InChI is InChI=1S/C19H32F4N2O5S/c1-9(2)14(19(23)15(28)12(26)13(27)17(30-19)31-3)25-16(29)10-8-18(22,6-7-24-10)5-4-11(20)21/h9-15,17,24,26-28H,4-8H2,1-3H3,(H,25,29)/t10?,12-,13-,14?,15-,17-,18?,19-/m0/s1. The molecule has 3 unspecified atom stereocenters. The van der Waals surface area contributed by atoms with Crippen molar-refractivity contribution in [2.24, 2.45) is 5.92 Å². The number of piperidine rings is 1. The number of thioether (sulfide) groups is 1. The third-order valence-electron chi connectivity index (χ3n) is 5.93. The topological polar surface area (TPSA) is 111 Å². The van der Waals surface area contributed by atoms with Gasteiger partial charge in [0.25, 0.3) is 5.85 Å². The van der Waals surface area contributed by atoms with Crippen molar-refractivity contribution in [3.8, 4) is 0 Å². The number of hydrogen-bond acceptors (Lipinski definition) is 7. The molecule has 0 aromatic heterocycles. The molecular weight excluding hydrogens is 444 g/mol. The first-order valence-corrected chi connectivity index (χ1v) is 11.6. The van der Waals surface area contributed by atoms with Crippen LogP contribution in [0.4, 0.5) is 17.6 Å². The largest absolute Gasteiger partial charge is 0.387 e. The van der Waals surface area contributed by atoms with E-state index in [9.17, 15) is 33.3 Å². The summed E-state index contributed by atoms with van der Waals surface area (Å²) in [5.74, 6) is -4.31. The first kappa shape index (κ1) is 26.6. The highest BCUT2D eigenvalue weighted by molar-refractivity contribution is 7.99. The minimum absolute atomic E-state index is 0.0224. The SMILES string of the molecule is CS[C@@H]1O[C@@](F)(C(NC(=O)C2CC(F)(CCC(F)F)CCN2)C(C)C)[C@@H](O)[C@@H](O)[C@@H]1O. The summed E-state index contributed by atoms with van der Waals surface area (Å²) in [4.78, 5) is 12.8. The molecule has 1 amide bonds. The Hall–Kier alpha value is -0.660. The van der Waals surface area contributed by atoms with Gasteiger partial charge < -0.3 is 30.7 Å². The van der Waals surface area contributed by atoms with Crippen LogP contribution in [0.5, 0.6) is 0 Å². The zero-order valence-corrected chi connectivity index (χ0v) is 18.5. The molecule has 5 N–H and O–H groups in total. The van der Waals surface area contributed by atoms with Gasteiger partial charge in [0.05, 0.1) is 12.1 Å². The molecule has 0 aromatic carbocycles. The average molecular weight is 477 g/mol. The van der Waals surface area contributed by atoms with Crippen LogP contribution in [0, 0.1) is 5.92 Å². The summed E-state index contributed by atoms with van der Waals surface area (Å²) in [6.45, 7) is 3.21. The molecule has 12 heteroatoms. The Morgan fingerprint density at radius 3 is 2.45 bits per heavy atom. The minimum atomic E-state index is -2.92. The van der Waals surface area contributed by atoms with Crippen molar-refractivity contribution in [1.29, 1.82) is 0 Å². The zero-order chi connectivity index (χ0) is 23.6. The summed E-state index contributed by atoms with van der Waals surface area (Å²) in [5, 5.41) is 35.6. The molecule has 0 saturated carbocycles. The van der Waals surface area contributed by atoms with Crippen molar-refractivity contribution in [3.63, 3.8) is 0 Å². The number of aliphatic hydroxyl groups excluding tert-OH is 3. The fourth-order valence-electron chi connectivity index (χ4n) is 4.11. The van der Waals surface area contributed by atoms with Crippen molar-refractivity contribution in [2.45, 2.75) is 93.3 Å². The quantitative estimate of drug-likeness (QED) is 0.334. The molecule has 2 rings (SSSR count). The molecular formula is C19H32F4N2O5S. The number of hydrogen-bond donors (Lipinski definition) is 5. The molecule has 2 fully saturated rings. The van der Waals surface area contributed by atoms with Crippen molar-refractivity contribution < 1.29 is 42.4 Å². The molecule has 31 heavy (non-hydrogen) atoms. The zero-order valence-electron chi connectivity index (χ0n) is 17.7. The third-order valence-corrected chi connectivity index (χ3v) is 6.77. The van der Waals surface area contributed by atoms with Gasteiger partial charge in [-0.05, 0) is 31.6 Å². The number of amides is 1. The first-order valence-electron chi connectivity index (χ1n) is 10.3. The highest BCUT2D eigenvalue weighted by Gasteiger charge is 2.59. The molecule has 0 aliphatic carbocycles. The lowest BCUT2D eigenvalue weighted by Gasteiger charge is -2.48. The van der Waals surface area contributed by atoms with Gasteiger partial charge >= 0.3 is 0 Å². The number of rotatable bonds is 8. The maximum absolute atomic E-state index is 15.9. The lowest BCUT2D eigenvalue weighted by molar-refractivity contribution is -0.310. The number of ether oxygens (including phenoxy) is 1. The second-order valence-electron chi connectivity index (χ2n) is 8.62. The van der Waals surface area contributed by atoms with Gasteiger partial charge in [-0.2, -0.15) is 0 Å². The van der Waals surface area contributed by atoms with Crippen LogP contribution in [0.1, 0.15) is 39.5 Å². The smallest absolute Gasteiger partial charge is 0.259 e. The van der Waals surface area contributed by atoms with E-state index in [0.29, 0.717) is 0 Å². The van der Waals surface area contributed by atoms with Crippen LogP contribution in [0.2, 0.25) is 0 Å². The summed E-state index contributed by atoms with van der Waals surface area (Å²) >= 11 is 0.926. The predicted molar refractivity (Wildman–Crippen MR) is 107 cm³/mol. The first-order chi connectivity index (χ1) is 14.3. The van der Waals surface area contributed by atoms with Crippen molar-refractivity contribution >= 4 is 17.7 Å². The molecule has 2 aliphatic rings. The van der Waals surface area contributed by atoms with Crippen LogP contribution in [-0.4, -0.2) is 87.8 Å². The van der Waals surface area contributed by atoms with Crippen molar-refractivity contribution in [1.82, 2.24) is 10.6 Å². The minimum Gasteiger partial charge on any atom is -0.387 e. The van der Waals surface area contributed by atoms with Gasteiger partial charge in [0.2, 0.25) is 12.3 Å². The van der Waals surface area contributed by atoms with Crippen molar-refractivity contribution in [2.75, 3.05) is 12.8 Å². The maximum Gasteiger partial charge on any atom is 0.259 e. The number of aliphatic hydroxyl groups is 3. The highest BCUT2D eigenvalue weighted by Crippen LogP contribution is 2.39. The fraction of sp³-hybridized carbons (Fsp3) is 0.947. The van der Waals surface area contributed by atoms with E-state index in [0.717, 1.165) is 11.8 Å². The average Bonchev–Trinajstić information content (AvgIpc) is 2.71. The van der Waals surface area contributed by atoms with Crippen LogP contribution in [0.25, 0.3) is 0 Å². The summed E-state index contributed by atoms with van der Waals surface area (Å²) in [6, 6.07) is -2.53. The van der Waals surface area contributed by atoms with Gasteiger partial charge in [-0.25, -0.2) is 17.6 Å². The van der Waals surface area contributed by atoms with Gasteiger partial charge in [0, 0.05) is 12.8 Å². The van der Waals surface area contributed by atoms with Gasteiger partial charge in [0.15, 0.2) is 0 Å². The van der Waals surface area contributed by atoms with Gasteiger partial charge in [-0.15, -0.1) is 11.8 Å². The number of nitrogens with one attached hydrogen (secondary N) is 2. The normalized spacial score (nSPS) is 40.2. The molecule has 0 spiro atoms. The maximum atomic E-state index is 15.9. The van der Waals surface area contributed by atoms with E-state index in [-0.39, 0.29) is 19.4 Å². The molecule has 2 saturated heterocycles. The third kappa shape index (κ3) is 6.02. The number of carbonyl (C=O) groups is 1. The predicted octanol–water partition coefficient (Wildman–Crippen LogP) is 1.10. The summed E-state index contributed by atoms with van der Waals surface area (Å²) in [6.07, 6.45) is -8.06.